The van der Waals surface area contributed by atoms with E-state index in [0.717, 1.165) is 16.0 Å². The van der Waals surface area contributed by atoms with Gasteiger partial charge in [-0.2, -0.15) is 36.3 Å². The van der Waals surface area contributed by atoms with E-state index in [1.54, 1.807) is 6.92 Å². The average Bonchev–Trinajstić information content (AvgIpc) is 3.04. The van der Waals surface area contributed by atoms with Crippen molar-refractivity contribution in [2.45, 2.75) is 43.8 Å². The highest BCUT2D eigenvalue weighted by atomic mass is 19.4. The summed E-state index contributed by atoms with van der Waals surface area (Å²) in [7, 11) is 1.30. The van der Waals surface area contributed by atoms with Crippen molar-refractivity contribution in [2.75, 3.05) is 53.0 Å². The Balaban J connectivity index is 1.55. The number of nitrogens with zero attached hydrogens (tertiary/aromatic N) is 5. The van der Waals surface area contributed by atoms with Gasteiger partial charge in [0.1, 0.15) is 0 Å². The minimum absolute atomic E-state index is 0.0485. The van der Waals surface area contributed by atoms with Crippen LogP contribution >= 0.6 is 0 Å². The molecule has 2 aliphatic heterocycles. The maximum absolute atomic E-state index is 13.5. The molecule has 254 valence electrons. The molecule has 0 radical (unpaired) electrons. The number of ether oxygens (including phenoxy) is 3. The highest BCUT2D eigenvalue weighted by Gasteiger charge is 2.48. The summed E-state index contributed by atoms with van der Waals surface area (Å²) in [6.45, 7) is 0.615. The van der Waals surface area contributed by atoms with E-state index in [1.165, 1.54) is 7.11 Å². The van der Waals surface area contributed by atoms with E-state index in [1.807, 2.05) is 65.6 Å². The van der Waals surface area contributed by atoms with Crippen molar-refractivity contribution < 1.29 is 45.3 Å². The summed E-state index contributed by atoms with van der Waals surface area (Å²) in [6.07, 6.45) is -9.68. The van der Waals surface area contributed by atoms with E-state index in [0.29, 0.717) is 6.54 Å². The summed E-state index contributed by atoms with van der Waals surface area (Å²) in [5.74, 6) is -2.57. The molecule has 0 spiro atoms. The summed E-state index contributed by atoms with van der Waals surface area (Å²) in [6, 6.07) is 18.3. The zero-order chi connectivity index (χ0) is 33.8. The number of benzene rings is 2. The second-order valence-corrected chi connectivity index (χ2v) is 11.3. The molecular formula is C32H35F6N5O4. The van der Waals surface area contributed by atoms with Crippen LogP contribution in [0.5, 0.6) is 17.8 Å². The lowest BCUT2D eigenvalue weighted by molar-refractivity contribution is -0.189. The molecule has 2 aliphatic rings. The number of piperazine rings is 2. The van der Waals surface area contributed by atoms with Gasteiger partial charge in [-0.25, -0.2) is 0 Å². The molecule has 1 amide bonds. The number of halogens is 6. The van der Waals surface area contributed by atoms with Crippen LogP contribution in [0.4, 0.5) is 26.3 Å². The minimum Gasteiger partial charge on any atom is -0.481 e. The fourth-order valence-electron chi connectivity index (χ4n) is 6.37. The molecule has 5 rings (SSSR count). The van der Waals surface area contributed by atoms with Crippen LogP contribution in [0.25, 0.3) is 0 Å². The van der Waals surface area contributed by atoms with Crippen molar-refractivity contribution in [2.24, 2.45) is 0 Å². The van der Waals surface area contributed by atoms with E-state index in [2.05, 4.69) is 14.9 Å². The number of rotatable bonds is 10. The Morgan fingerprint density at radius 3 is 2.04 bits per heavy atom. The number of fused-ring (bicyclic) bond motifs is 1. The first-order valence-corrected chi connectivity index (χ1v) is 15.1. The van der Waals surface area contributed by atoms with Crippen molar-refractivity contribution in [3.63, 3.8) is 0 Å². The summed E-state index contributed by atoms with van der Waals surface area (Å²) >= 11 is 0. The molecule has 2 atom stereocenters. The van der Waals surface area contributed by atoms with E-state index < -0.39 is 30.9 Å². The van der Waals surface area contributed by atoms with Crippen molar-refractivity contribution in [1.29, 1.82) is 0 Å². The topological polar surface area (TPSA) is 80.3 Å². The molecule has 47 heavy (non-hydrogen) atoms. The molecule has 0 unspecified atom stereocenters. The molecule has 0 N–H and O–H groups in total. The second-order valence-electron chi connectivity index (χ2n) is 11.3. The highest BCUT2D eigenvalue weighted by molar-refractivity contribution is 5.82. The summed E-state index contributed by atoms with van der Waals surface area (Å²) < 4.78 is 96.1. The number of hydrogen-bond acceptors (Lipinski definition) is 8. The predicted octanol–water partition coefficient (Wildman–Crippen LogP) is 4.92. The molecule has 3 heterocycles. The maximum Gasteiger partial charge on any atom is 0.471 e. The fourth-order valence-corrected chi connectivity index (χ4v) is 6.37. The first kappa shape index (κ1) is 34.2. The molecule has 1 aromatic heterocycles. The summed E-state index contributed by atoms with van der Waals surface area (Å²) in [5.41, 5.74) is 2.09. The first-order chi connectivity index (χ1) is 22.4. The molecule has 3 aromatic rings. The molecule has 2 fully saturated rings. The molecule has 15 heteroatoms. The van der Waals surface area contributed by atoms with Crippen molar-refractivity contribution in [3.8, 4) is 17.8 Å². The summed E-state index contributed by atoms with van der Waals surface area (Å²) in [5, 5.41) is 0. The number of carbonyl (C=O) groups excluding carboxylic acids is 1. The number of aromatic nitrogens is 2. The van der Waals surface area contributed by atoms with Gasteiger partial charge in [-0.05, 0) is 18.1 Å². The Bertz CT molecular complexity index is 1460. The Morgan fingerprint density at radius 2 is 1.49 bits per heavy atom. The number of methoxy groups -OCH3 is 1. The fraction of sp³-hybridized carbons (Fsp3) is 0.469. The Kier molecular flexibility index (Phi) is 10.4. The third-order valence-corrected chi connectivity index (χ3v) is 8.23. The summed E-state index contributed by atoms with van der Waals surface area (Å²) in [4.78, 5) is 25.5. The van der Waals surface area contributed by atoms with Gasteiger partial charge in [0.25, 0.3) is 0 Å². The van der Waals surface area contributed by atoms with Gasteiger partial charge in [0.05, 0.1) is 19.3 Å². The quantitative estimate of drug-likeness (QED) is 0.282. The van der Waals surface area contributed by atoms with Gasteiger partial charge in [0.2, 0.25) is 11.8 Å². The van der Waals surface area contributed by atoms with Gasteiger partial charge < -0.3 is 19.1 Å². The smallest absolute Gasteiger partial charge is 0.471 e. The lowest BCUT2D eigenvalue weighted by Gasteiger charge is -2.53. The van der Waals surface area contributed by atoms with Crippen LogP contribution in [0.3, 0.4) is 0 Å². The van der Waals surface area contributed by atoms with Crippen LogP contribution in [-0.4, -0.2) is 108 Å². The molecule has 9 nitrogen and oxygen atoms in total. The number of hydrogen-bond donors (Lipinski definition) is 0. The van der Waals surface area contributed by atoms with E-state index >= 15 is 0 Å². The molecule has 2 saturated heterocycles. The van der Waals surface area contributed by atoms with Gasteiger partial charge in [0, 0.05) is 57.3 Å². The molecule has 0 aliphatic carbocycles. The minimum atomic E-state index is -5.02. The van der Waals surface area contributed by atoms with Gasteiger partial charge in [0.15, 0.2) is 6.61 Å². The Morgan fingerprint density at radius 1 is 0.872 bits per heavy atom. The van der Waals surface area contributed by atoms with Crippen LogP contribution in [0, 0.1) is 0 Å². The van der Waals surface area contributed by atoms with Gasteiger partial charge in [-0.3, -0.25) is 14.6 Å². The predicted molar refractivity (Wildman–Crippen MR) is 158 cm³/mol. The lowest BCUT2D eigenvalue weighted by atomic mass is 9.81. The number of amides is 1. The van der Waals surface area contributed by atoms with Crippen LogP contribution in [0.2, 0.25) is 0 Å². The van der Waals surface area contributed by atoms with Gasteiger partial charge >= 0.3 is 24.3 Å². The Labute approximate surface area is 268 Å². The van der Waals surface area contributed by atoms with Crippen molar-refractivity contribution in [1.82, 2.24) is 24.7 Å². The van der Waals surface area contributed by atoms with Crippen LogP contribution in [0.15, 0.2) is 60.7 Å². The second kappa shape index (κ2) is 14.3. The zero-order valence-electron chi connectivity index (χ0n) is 25.8. The van der Waals surface area contributed by atoms with E-state index in [-0.39, 0.29) is 74.6 Å². The normalized spacial score (nSPS) is 19.4. The zero-order valence-corrected chi connectivity index (χ0v) is 25.8. The van der Waals surface area contributed by atoms with Gasteiger partial charge in [-0.15, -0.1) is 0 Å². The third kappa shape index (κ3) is 8.25. The van der Waals surface area contributed by atoms with Crippen LogP contribution in [0.1, 0.15) is 29.5 Å². The van der Waals surface area contributed by atoms with Crippen LogP contribution in [-0.2, 0) is 11.3 Å². The number of carbonyl (C=O) groups is 1. The molecule has 0 saturated carbocycles. The van der Waals surface area contributed by atoms with Crippen molar-refractivity contribution >= 4 is 5.91 Å². The lowest BCUT2D eigenvalue weighted by Crippen LogP contribution is -2.68. The third-order valence-electron chi connectivity index (χ3n) is 8.23. The molecule has 2 aromatic carbocycles. The number of alkyl halides is 6. The standard InChI is InChI=1S/C32H35F6N5O4/c1-3-46-30-39-27(45-2)24(28(40-30)47-20-31(33,34)35)18-41-16-23-17-42(29(44)32(36,37)38)14-15-43(23)25(19-41)26(21-10-6-4-7-11-21)22-12-8-5-9-13-22/h4-13,23,25-26H,3,14-20H2,1-2H3/t23-,25+/m1/s1. The van der Waals surface area contributed by atoms with Crippen LogP contribution < -0.4 is 14.2 Å². The maximum atomic E-state index is 13.5. The van der Waals surface area contributed by atoms with E-state index in [4.69, 9.17) is 14.2 Å². The molecular weight excluding hydrogens is 632 g/mol. The largest absolute Gasteiger partial charge is 0.481 e. The average molecular weight is 668 g/mol. The monoisotopic (exact) mass is 667 g/mol. The highest BCUT2D eigenvalue weighted by Crippen LogP contribution is 2.38. The van der Waals surface area contributed by atoms with E-state index in [9.17, 15) is 31.1 Å². The molecule has 0 bridgehead atoms. The van der Waals surface area contributed by atoms with Gasteiger partial charge in [-0.1, -0.05) is 60.7 Å². The van der Waals surface area contributed by atoms with Crippen molar-refractivity contribution in [3.05, 3.63) is 77.4 Å². The Hall–Kier alpha value is -4.11. The first-order valence-electron chi connectivity index (χ1n) is 15.1. The SMILES string of the molecule is CCOc1nc(OC)c(CN2C[C@@H]3CN(C(=O)C(F)(F)F)CCN3[C@H](C(c3ccccc3)c3ccccc3)C2)c(OCC(F)(F)F)n1.